The molecule has 8 nitrogen and oxygen atoms in total. The van der Waals surface area contributed by atoms with Gasteiger partial charge in [0.1, 0.15) is 10.4 Å². The van der Waals surface area contributed by atoms with Crippen LogP contribution in [-0.2, 0) is 23.3 Å². The summed E-state index contributed by atoms with van der Waals surface area (Å²) in [7, 11) is 0.751. The third-order valence-corrected chi connectivity index (χ3v) is 7.34. The Balaban J connectivity index is 1.72. The highest BCUT2D eigenvalue weighted by atomic mass is 127. The average molecular weight is 570 g/mol. The molecular formula is C22H32IN5O3Si. The molecule has 3 heterocycles. The molecule has 3 aromatic heterocycles. The molecule has 0 aliphatic carbocycles. The molecule has 0 bridgehead atoms. The molecule has 10 heteroatoms. The van der Waals surface area contributed by atoms with Crippen molar-refractivity contribution in [3.05, 3.63) is 34.5 Å². The third-order valence-electron chi connectivity index (χ3n) is 4.84. The van der Waals surface area contributed by atoms with E-state index in [-0.39, 0.29) is 0 Å². The largest absolute Gasteiger partial charge is 0.499 e. The van der Waals surface area contributed by atoms with Crippen LogP contribution in [0.25, 0.3) is 22.2 Å². The number of ether oxygens (including phenoxy) is 3. The highest BCUT2D eigenvalue weighted by Crippen LogP contribution is 2.31. The summed E-state index contributed by atoms with van der Waals surface area (Å²) in [5, 5.41) is 10.0. The van der Waals surface area contributed by atoms with E-state index in [1.54, 1.807) is 10.9 Å². The van der Waals surface area contributed by atoms with Gasteiger partial charge in [-0.2, -0.15) is 10.2 Å². The van der Waals surface area contributed by atoms with Crippen LogP contribution in [0.1, 0.15) is 13.3 Å². The van der Waals surface area contributed by atoms with E-state index in [9.17, 15) is 0 Å². The minimum Gasteiger partial charge on any atom is -0.499 e. The third kappa shape index (κ3) is 6.55. The maximum atomic E-state index is 6.00. The number of hydrogen-bond acceptors (Lipinski definition) is 6. The van der Waals surface area contributed by atoms with E-state index >= 15 is 0 Å². The van der Waals surface area contributed by atoms with E-state index in [0.717, 1.165) is 44.9 Å². The monoisotopic (exact) mass is 569 g/mol. The molecule has 3 rings (SSSR count). The summed E-state index contributed by atoms with van der Waals surface area (Å²) in [5.41, 5.74) is 2.61. The Morgan fingerprint density at radius 1 is 1.19 bits per heavy atom. The fourth-order valence-corrected chi connectivity index (χ4v) is 4.50. The van der Waals surface area contributed by atoms with Gasteiger partial charge in [-0.1, -0.05) is 26.2 Å². The molecule has 0 unspecified atom stereocenters. The molecule has 0 N–H and O–H groups in total. The molecule has 3 aromatic rings. The van der Waals surface area contributed by atoms with Crippen LogP contribution in [0.4, 0.5) is 0 Å². The van der Waals surface area contributed by atoms with Crippen molar-refractivity contribution in [1.82, 2.24) is 24.5 Å². The van der Waals surface area contributed by atoms with Crippen molar-refractivity contribution < 1.29 is 14.2 Å². The van der Waals surface area contributed by atoms with Gasteiger partial charge in [-0.05, 0) is 41.6 Å². The number of nitrogens with zero attached hydrogens (tertiary/aromatic N) is 5. The van der Waals surface area contributed by atoms with Crippen LogP contribution in [0, 0.1) is 3.70 Å². The van der Waals surface area contributed by atoms with Gasteiger partial charge < -0.3 is 14.2 Å². The average Bonchev–Trinajstić information content (AvgIpc) is 3.24. The summed E-state index contributed by atoms with van der Waals surface area (Å²) in [6.07, 6.45) is 4.39. The highest BCUT2D eigenvalue weighted by molar-refractivity contribution is 14.1. The van der Waals surface area contributed by atoms with Gasteiger partial charge in [-0.15, -0.1) is 0 Å². The number of halogens is 1. The lowest BCUT2D eigenvalue weighted by atomic mass is 10.2. The van der Waals surface area contributed by atoms with Crippen LogP contribution in [0.2, 0.25) is 25.7 Å². The van der Waals surface area contributed by atoms with Crippen LogP contribution in [-0.4, -0.2) is 52.4 Å². The molecule has 0 saturated heterocycles. The van der Waals surface area contributed by atoms with Gasteiger partial charge in [-0.25, -0.2) is 9.36 Å². The first-order valence-corrected chi connectivity index (χ1v) is 15.5. The zero-order valence-electron chi connectivity index (χ0n) is 19.5. The molecule has 0 fully saturated rings. The van der Waals surface area contributed by atoms with Crippen LogP contribution < -0.4 is 4.74 Å². The predicted molar refractivity (Wildman–Crippen MR) is 137 cm³/mol. The van der Waals surface area contributed by atoms with Crippen LogP contribution in [0.15, 0.2) is 30.8 Å². The van der Waals surface area contributed by atoms with Gasteiger partial charge in [0, 0.05) is 33.5 Å². The smallest absolute Gasteiger partial charge is 0.221 e. The minimum absolute atomic E-state index is 0.429. The summed E-state index contributed by atoms with van der Waals surface area (Å²) in [6, 6.07) is 3.17. The van der Waals surface area contributed by atoms with Gasteiger partial charge >= 0.3 is 0 Å². The maximum absolute atomic E-state index is 6.00. The Morgan fingerprint density at radius 3 is 2.69 bits per heavy atom. The number of aryl methyl sites for hydroxylation is 1. The van der Waals surface area contributed by atoms with Gasteiger partial charge in [0.2, 0.25) is 5.88 Å². The van der Waals surface area contributed by atoms with Crippen LogP contribution in [0.3, 0.4) is 0 Å². The molecular weight excluding hydrogens is 537 g/mol. The molecule has 174 valence electrons. The first-order valence-electron chi connectivity index (χ1n) is 10.7. The summed E-state index contributed by atoms with van der Waals surface area (Å²) in [5.74, 6) is 1.39. The lowest BCUT2D eigenvalue weighted by Crippen LogP contribution is -2.22. The number of hydrogen-bond donors (Lipinski definition) is 0. The van der Waals surface area contributed by atoms with Crippen LogP contribution >= 0.6 is 22.6 Å². The van der Waals surface area contributed by atoms with Gasteiger partial charge in [0.15, 0.2) is 0 Å². The molecule has 0 radical (unpaired) electrons. The quantitative estimate of drug-likeness (QED) is 0.131. The minimum atomic E-state index is -1.11. The second-order valence-electron chi connectivity index (χ2n) is 8.96. The van der Waals surface area contributed by atoms with E-state index in [0.29, 0.717) is 31.6 Å². The zero-order valence-corrected chi connectivity index (χ0v) is 22.7. The highest BCUT2D eigenvalue weighted by Gasteiger charge is 2.17. The second-order valence-corrected chi connectivity index (χ2v) is 15.6. The van der Waals surface area contributed by atoms with Crippen molar-refractivity contribution in [3.63, 3.8) is 0 Å². The van der Waals surface area contributed by atoms with E-state index in [4.69, 9.17) is 14.2 Å². The first-order chi connectivity index (χ1) is 15.2. The fourth-order valence-electron chi connectivity index (χ4n) is 3.06. The Labute approximate surface area is 204 Å². The molecule has 0 saturated carbocycles. The lowest BCUT2D eigenvalue weighted by molar-refractivity contribution is 0.0814. The number of pyridine rings is 1. The SMILES string of the molecule is C=C(C)OCCCOc1c(-c2cc3c(I)nn(COCC[Si](C)(C)C)c3cn2)cnn1C. The fraction of sp³-hybridized carbons (Fsp3) is 0.500. The van der Waals surface area contributed by atoms with Crippen molar-refractivity contribution in [2.24, 2.45) is 7.05 Å². The van der Waals surface area contributed by atoms with Gasteiger partial charge in [0.25, 0.3) is 0 Å². The molecule has 0 spiro atoms. The van der Waals surface area contributed by atoms with Crippen LogP contribution in [0.5, 0.6) is 5.88 Å². The summed E-state index contributed by atoms with van der Waals surface area (Å²) in [6.45, 7) is 14.9. The molecule has 0 aromatic carbocycles. The number of aromatic nitrogens is 5. The van der Waals surface area contributed by atoms with Crippen molar-refractivity contribution in [1.29, 1.82) is 0 Å². The lowest BCUT2D eigenvalue weighted by Gasteiger charge is -2.15. The molecule has 32 heavy (non-hydrogen) atoms. The van der Waals surface area contributed by atoms with Crippen molar-refractivity contribution >= 4 is 41.6 Å². The number of fused-ring (bicyclic) bond motifs is 1. The normalized spacial score (nSPS) is 11.8. The number of rotatable bonds is 12. The Bertz CT molecular complexity index is 1070. The van der Waals surface area contributed by atoms with Gasteiger partial charge in [-0.3, -0.25) is 4.98 Å². The molecule has 0 aliphatic heterocycles. The van der Waals surface area contributed by atoms with Crippen molar-refractivity contribution in [3.8, 4) is 17.1 Å². The topological polar surface area (TPSA) is 76.2 Å². The molecule has 0 amide bonds. The van der Waals surface area contributed by atoms with E-state index < -0.39 is 8.07 Å². The summed E-state index contributed by atoms with van der Waals surface area (Å²) in [4.78, 5) is 4.68. The van der Waals surface area contributed by atoms with E-state index in [2.05, 4.69) is 64.0 Å². The Morgan fingerprint density at radius 2 is 1.97 bits per heavy atom. The van der Waals surface area contributed by atoms with E-state index in [1.807, 2.05) is 30.9 Å². The van der Waals surface area contributed by atoms with Crippen molar-refractivity contribution in [2.45, 2.75) is 45.8 Å². The van der Waals surface area contributed by atoms with E-state index in [1.165, 1.54) is 0 Å². The first kappa shape index (κ1) is 24.7. The standard InChI is InChI=1S/C22H32IN5O3Si/c1-16(2)30-8-7-9-31-22-18(13-25-27(22)3)19-12-17-20(14-24-19)28(26-21(17)23)15-29-10-11-32(4,5)6/h12-14H,1,7-11,15H2,2-6H3. The molecule has 0 aliphatic rings. The van der Waals surface area contributed by atoms with Gasteiger partial charge in [0.05, 0.1) is 48.1 Å². The summed E-state index contributed by atoms with van der Waals surface area (Å²) >= 11 is 2.26. The second kappa shape index (κ2) is 10.8. The Kier molecular flexibility index (Phi) is 8.34. The predicted octanol–water partition coefficient (Wildman–Crippen LogP) is 5.07. The zero-order chi connectivity index (χ0) is 23.3. The summed E-state index contributed by atoms with van der Waals surface area (Å²) < 4.78 is 21.8. The number of allylic oxidation sites excluding steroid dienone is 1. The maximum Gasteiger partial charge on any atom is 0.221 e. The van der Waals surface area contributed by atoms with Crippen molar-refractivity contribution in [2.75, 3.05) is 19.8 Å². The molecule has 0 atom stereocenters. The Hall–Kier alpha value is -1.92.